The van der Waals surface area contributed by atoms with Crippen molar-refractivity contribution in [3.63, 3.8) is 0 Å². The fourth-order valence-corrected chi connectivity index (χ4v) is 1.64. The van der Waals surface area contributed by atoms with E-state index in [0.717, 1.165) is 6.07 Å². The number of nitrogens with zero attached hydrogens (tertiary/aromatic N) is 1. The number of pyridine rings is 1. The normalized spacial score (nSPS) is 11.4. The van der Waals surface area contributed by atoms with Crippen LogP contribution in [0.5, 0.6) is 11.6 Å². The number of aliphatic hydroxyl groups excluding tert-OH is 1. The SMILES string of the molecule is COc1cc(OC(F)(F)F)c(CO)c(CBr)n1. The lowest BCUT2D eigenvalue weighted by Gasteiger charge is -2.15. The summed E-state index contributed by atoms with van der Waals surface area (Å²) in [6.07, 6.45) is -4.83. The Bertz CT molecular complexity index is 398. The quantitative estimate of drug-likeness (QED) is 0.867. The highest BCUT2D eigenvalue weighted by atomic mass is 79.9. The van der Waals surface area contributed by atoms with E-state index in [0.29, 0.717) is 0 Å². The summed E-state index contributed by atoms with van der Waals surface area (Å²) in [6, 6.07) is 0.977. The van der Waals surface area contributed by atoms with Crippen LogP contribution in [-0.4, -0.2) is 23.6 Å². The molecule has 0 saturated heterocycles. The molecule has 1 aromatic rings. The van der Waals surface area contributed by atoms with Gasteiger partial charge < -0.3 is 14.6 Å². The number of methoxy groups -OCH3 is 1. The van der Waals surface area contributed by atoms with Crippen LogP contribution in [0.4, 0.5) is 13.2 Å². The molecule has 4 nitrogen and oxygen atoms in total. The lowest BCUT2D eigenvalue weighted by molar-refractivity contribution is -0.275. The van der Waals surface area contributed by atoms with Crippen molar-refractivity contribution < 1.29 is 27.8 Å². The van der Waals surface area contributed by atoms with Crippen LogP contribution < -0.4 is 9.47 Å². The average molecular weight is 316 g/mol. The topological polar surface area (TPSA) is 51.6 Å². The van der Waals surface area contributed by atoms with Gasteiger partial charge in [0.15, 0.2) is 0 Å². The van der Waals surface area contributed by atoms with Gasteiger partial charge in [-0.1, -0.05) is 15.9 Å². The van der Waals surface area contributed by atoms with E-state index < -0.39 is 18.7 Å². The molecule has 0 unspecified atom stereocenters. The van der Waals surface area contributed by atoms with Crippen molar-refractivity contribution in [1.82, 2.24) is 4.98 Å². The summed E-state index contributed by atoms with van der Waals surface area (Å²) in [5.41, 5.74) is 0.200. The molecule has 1 rings (SSSR count). The molecular formula is C9H9BrF3NO3. The van der Waals surface area contributed by atoms with Crippen LogP contribution in [0.15, 0.2) is 6.07 Å². The Morgan fingerprint density at radius 1 is 1.47 bits per heavy atom. The van der Waals surface area contributed by atoms with Gasteiger partial charge in [0.25, 0.3) is 0 Å². The molecule has 17 heavy (non-hydrogen) atoms. The van der Waals surface area contributed by atoms with E-state index in [-0.39, 0.29) is 22.5 Å². The molecule has 1 aromatic heterocycles. The number of halogens is 4. The van der Waals surface area contributed by atoms with Crippen LogP contribution in [-0.2, 0) is 11.9 Å². The number of hydrogen-bond donors (Lipinski definition) is 1. The van der Waals surface area contributed by atoms with E-state index in [1.807, 2.05) is 0 Å². The van der Waals surface area contributed by atoms with Gasteiger partial charge in [0.2, 0.25) is 5.88 Å². The molecule has 96 valence electrons. The second-order valence-electron chi connectivity index (χ2n) is 2.93. The van der Waals surface area contributed by atoms with Crippen molar-refractivity contribution in [2.75, 3.05) is 7.11 Å². The van der Waals surface area contributed by atoms with Crippen molar-refractivity contribution in [2.45, 2.75) is 18.3 Å². The molecule has 0 radical (unpaired) electrons. The zero-order chi connectivity index (χ0) is 13.1. The lowest BCUT2D eigenvalue weighted by Crippen LogP contribution is -2.19. The molecular weight excluding hydrogens is 307 g/mol. The van der Waals surface area contributed by atoms with Crippen LogP contribution in [0.1, 0.15) is 11.3 Å². The van der Waals surface area contributed by atoms with Crippen molar-refractivity contribution >= 4 is 15.9 Å². The summed E-state index contributed by atoms with van der Waals surface area (Å²) in [4.78, 5) is 3.89. The number of hydrogen-bond acceptors (Lipinski definition) is 4. The molecule has 0 spiro atoms. The Labute approximate surface area is 103 Å². The zero-order valence-electron chi connectivity index (χ0n) is 8.71. The molecule has 0 bridgehead atoms. The van der Waals surface area contributed by atoms with Crippen LogP contribution >= 0.6 is 15.9 Å². The maximum atomic E-state index is 12.2. The highest BCUT2D eigenvalue weighted by molar-refractivity contribution is 9.08. The fraction of sp³-hybridized carbons (Fsp3) is 0.444. The monoisotopic (exact) mass is 315 g/mol. The molecule has 8 heteroatoms. The number of ether oxygens (including phenoxy) is 2. The van der Waals surface area contributed by atoms with Gasteiger partial charge in [-0.3, -0.25) is 0 Å². The molecule has 0 amide bonds. The second kappa shape index (κ2) is 5.54. The van der Waals surface area contributed by atoms with Gasteiger partial charge >= 0.3 is 6.36 Å². The molecule has 1 N–H and O–H groups in total. The maximum absolute atomic E-state index is 12.2. The third kappa shape index (κ3) is 3.74. The predicted octanol–water partition coefficient (Wildman–Crippen LogP) is 2.38. The summed E-state index contributed by atoms with van der Waals surface area (Å²) < 4.78 is 45.0. The van der Waals surface area contributed by atoms with Gasteiger partial charge in [-0.25, -0.2) is 4.98 Å². The predicted molar refractivity (Wildman–Crippen MR) is 56.0 cm³/mol. The largest absolute Gasteiger partial charge is 0.573 e. The van der Waals surface area contributed by atoms with E-state index in [9.17, 15) is 13.2 Å². The number of aliphatic hydroxyl groups is 1. The first-order chi connectivity index (χ1) is 7.91. The molecule has 0 aliphatic heterocycles. The van der Waals surface area contributed by atoms with Crippen molar-refractivity contribution in [3.8, 4) is 11.6 Å². The highest BCUT2D eigenvalue weighted by Gasteiger charge is 2.33. The summed E-state index contributed by atoms with van der Waals surface area (Å²) in [5, 5.41) is 9.22. The number of alkyl halides is 4. The lowest BCUT2D eigenvalue weighted by atomic mass is 10.2. The van der Waals surface area contributed by atoms with Crippen LogP contribution in [0, 0.1) is 0 Å². The van der Waals surface area contributed by atoms with Gasteiger partial charge in [0, 0.05) is 17.0 Å². The Hall–Kier alpha value is -1.02. The summed E-state index contributed by atoms with van der Waals surface area (Å²) >= 11 is 3.06. The average Bonchev–Trinajstić information content (AvgIpc) is 2.25. The summed E-state index contributed by atoms with van der Waals surface area (Å²) in [6.45, 7) is -0.608. The fourth-order valence-electron chi connectivity index (χ4n) is 1.17. The minimum absolute atomic E-state index is 0.0177. The highest BCUT2D eigenvalue weighted by Crippen LogP contribution is 2.31. The third-order valence-electron chi connectivity index (χ3n) is 1.87. The Kier molecular flexibility index (Phi) is 4.58. The molecule has 0 aliphatic rings. The van der Waals surface area contributed by atoms with Crippen molar-refractivity contribution in [1.29, 1.82) is 0 Å². The first-order valence-corrected chi connectivity index (χ1v) is 5.52. The van der Waals surface area contributed by atoms with Gasteiger partial charge in [-0.15, -0.1) is 13.2 Å². The zero-order valence-corrected chi connectivity index (χ0v) is 10.3. The molecule has 0 atom stereocenters. The van der Waals surface area contributed by atoms with Crippen molar-refractivity contribution in [2.24, 2.45) is 0 Å². The van der Waals surface area contributed by atoms with E-state index in [4.69, 9.17) is 9.84 Å². The number of rotatable bonds is 4. The standard InChI is InChI=1S/C9H9BrF3NO3/c1-16-8-2-7(17-9(11,12)13)5(4-15)6(3-10)14-8/h2,15H,3-4H2,1H3. The van der Waals surface area contributed by atoms with E-state index in [1.54, 1.807) is 0 Å². The van der Waals surface area contributed by atoms with Gasteiger partial charge in [-0.05, 0) is 0 Å². The first kappa shape index (κ1) is 14.0. The Balaban J connectivity index is 3.24. The molecule has 0 aromatic carbocycles. The third-order valence-corrected chi connectivity index (χ3v) is 2.40. The van der Waals surface area contributed by atoms with Crippen LogP contribution in [0.3, 0.4) is 0 Å². The first-order valence-electron chi connectivity index (χ1n) is 4.40. The van der Waals surface area contributed by atoms with Crippen LogP contribution in [0.2, 0.25) is 0 Å². The summed E-state index contributed by atoms with van der Waals surface area (Å²) in [5.74, 6) is -0.530. The minimum atomic E-state index is -4.83. The van der Waals surface area contributed by atoms with Gasteiger partial charge in [0.1, 0.15) is 5.75 Å². The number of aromatic nitrogens is 1. The van der Waals surface area contributed by atoms with E-state index >= 15 is 0 Å². The van der Waals surface area contributed by atoms with Crippen LogP contribution in [0.25, 0.3) is 0 Å². The molecule has 0 saturated carbocycles. The Morgan fingerprint density at radius 2 is 2.12 bits per heavy atom. The Morgan fingerprint density at radius 3 is 2.53 bits per heavy atom. The summed E-state index contributed by atoms with van der Waals surface area (Å²) in [7, 11) is 1.27. The second-order valence-corrected chi connectivity index (χ2v) is 3.49. The smallest absolute Gasteiger partial charge is 0.481 e. The van der Waals surface area contributed by atoms with E-state index in [2.05, 4.69) is 25.7 Å². The molecule has 0 fully saturated rings. The van der Waals surface area contributed by atoms with Gasteiger partial charge in [0.05, 0.1) is 19.4 Å². The van der Waals surface area contributed by atoms with Crippen molar-refractivity contribution in [3.05, 3.63) is 17.3 Å². The maximum Gasteiger partial charge on any atom is 0.573 e. The van der Waals surface area contributed by atoms with Gasteiger partial charge in [-0.2, -0.15) is 0 Å². The van der Waals surface area contributed by atoms with E-state index in [1.165, 1.54) is 7.11 Å². The minimum Gasteiger partial charge on any atom is -0.481 e. The molecule has 1 heterocycles. The molecule has 0 aliphatic carbocycles.